The van der Waals surface area contributed by atoms with E-state index in [9.17, 15) is 4.79 Å². The van der Waals surface area contributed by atoms with Gasteiger partial charge in [-0.15, -0.1) is 6.58 Å². The number of β-lactam (4-membered cyclic amide) rings is 1. The molecule has 66 valence electrons. The number of rotatable bonds is 2. The summed E-state index contributed by atoms with van der Waals surface area (Å²) >= 11 is 0. The normalized spacial score (nSPS) is 26.0. The maximum absolute atomic E-state index is 11.1. The van der Waals surface area contributed by atoms with Crippen molar-refractivity contribution in [3.63, 3.8) is 0 Å². The van der Waals surface area contributed by atoms with Gasteiger partial charge in [-0.2, -0.15) is 0 Å². The largest absolute Gasteiger partial charge is 0.348 e. The highest BCUT2D eigenvalue weighted by Gasteiger charge is 2.37. The van der Waals surface area contributed by atoms with Crippen LogP contribution in [0.5, 0.6) is 0 Å². The summed E-state index contributed by atoms with van der Waals surface area (Å²) < 4.78 is 0. The van der Waals surface area contributed by atoms with Gasteiger partial charge in [-0.05, 0) is 5.56 Å². The highest BCUT2D eigenvalue weighted by molar-refractivity contribution is 5.88. The quantitative estimate of drug-likeness (QED) is 0.535. The average Bonchev–Trinajstić information content (AvgIpc) is 2.16. The molecule has 1 amide bonds. The van der Waals surface area contributed by atoms with E-state index in [0.717, 1.165) is 5.56 Å². The molecule has 0 aliphatic carbocycles. The number of nitrogens with one attached hydrogen (secondary N) is 1. The molecule has 1 aromatic rings. The van der Waals surface area contributed by atoms with Gasteiger partial charge in [0, 0.05) is 0 Å². The van der Waals surface area contributed by atoms with E-state index in [4.69, 9.17) is 0 Å². The second-order valence-electron chi connectivity index (χ2n) is 3.16. The van der Waals surface area contributed by atoms with E-state index in [2.05, 4.69) is 11.9 Å². The van der Waals surface area contributed by atoms with E-state index < -0.39 is 0 Å². The Morgan fingerprint density at radius 3 is 2.54 bits per heavy atom. The first-order chi connectivity index (χ1) is 6.33. The Balaban J connectivity index is 2.20. The Bertz CT molecular complexity index is 331. The lowest BCUT2D eigenvalue weighted by Crippen LogP contribution is -2.50. The molecule has 0 unspecified atom stereocenters. The van der Waals surface area contributed by atoms with Gasteiger partial charge in [0.25, 0.3) is 0 Å². The lowest BCUT2D eigenvalue weighted by atomic mass is 9.85. The van der Waals surface area contributed by atoms with Crippen LogP contribution in [0.1, 0.15) is 11.6 Å². The van der Waals surface area contributed by atoms with Crippen molar-refractivity contribution in [2.45, 2.75) is 6.04 Å². The molecular formula is C11H11NO. The van der Waals surface area contributed by atoms with Gasteiger partial charge < -0.3 is 5.32 Å². The molecule has 0 bridgehead atoms. The van der Waals surface area contributed by atoms with Crippen molar-refractivity contribution < 1.29 is 4.79 Å². The monoisotopic (exact) mass is 173 g/mol. The van der Waals surface area contributed by atoms with Crippen molar-refractivity contribution in [3.05, 3.63) is 48.6 Å². The lowest BCUT2D eigenvalue weighted by Gasteiger charge is -2.35. The van der Waals surface area contributed by atoms with E-state index >= 15 is 0 Å². The minimum absolute atomic E-state index is 0.0533. The van der Waals surface area contributed by atoms with Gasteiger partial charge >= 0.3 is 0 Å². The minimum atomic E-state index is -0.0533. The molecule has 1 heterocycles. The molecular weight excluding hydrogens is 162 g/mol. The molecule has 1 fully saturated rings. The first kappa shape index (κ1) is 8.05. The molecule has 2 atom stereocenters. The van der Waals surface area contributed by atoms with Crippen molar-refractivity contribution in [1.82, 2.24) is 5.32 Å². The smallest absolute Gasteiger partial charge is 0.229 e. The molecule has 0 spiro atoms. The molecule has 1 N–H and O–H groups in total. The van der Waals surface area contributed by atoms with Gasteiger partial charge in [0.15, 0.2) is 0 Å². The van der Waals surface area contributed by atoms with E-state index in [1.807, 2.05) is 30.3 Å². The van der Waals surface area contributed by atoms with Crippen molar-refractivity contribution >= 4 is 5.91 Å². The Morgan fingerprint density at radius 1 is 1.31 bits per heavy atom. The molecule has 2 heteroatoms. The van der Waals surface area contributed by atoms with Gasteiger partial charge in [-0.1, -0.05) is 36.4 Å². The van der Waals surface area contributed by atoms with Gasteiger partial charge in [0.1, 0.15) is 0 Å². The molecule has 1 saturated heterocycles. The van der Waals surface area contributed by atoms with Crippen LogP contribution in [0.25, 0.3) is 0 Å². The number of carbonyl (C=O) groups is 1. The fraction of sp³-hybridized carbons (Fsp3) is 0.182. The molecule has 2 rings (SSSR count). The summed E-state index contributed by atoms with van der Waals surface area (Å²) in [5.41, 5.74) is 1.15. The number of hydrogen-bond donors (Lipinski definition) is 1. The summed E-state index contributed by atoms with van der Waals surface area (Å²) in [4.78, 5) is 11.1. The molecule has 0 radical (unpaired) electrons. The summed E-state index contributed by atoms with van der Waals surface area (Å²) in [5, 5.41) is 2.85. The summed E-state index contributed by atoms with van der Waals surface area (Å²) in [7, 11) is 0. The number of amides is 1. The highest BCUT2D eigenvalue weighted by atomic mass is 16.2. The van der Waals surface area contributed by atoms with Crippen LogP contribution in [-0.4, -0.2) is 5.91 Å². The summed E-state index contributed by atoms with van der Waals surface area (Å²) in [6.07, 6.45) is 1.70. The fourth-order valence-corrected chi connectivity index (χ4v) is 1.59. The van der Waals surface area contributed by atoms with Crippen LogP contribution in [0, 0.1) is 5.92 Å². The average molecular weight is 173 g/mol. The second-order valence-corrected chi connectivity index (χ2v) is 3.16. The van der Waals surface area contributed by atoms with Crippen molar-refractivity contribution in [2.24, 2.45) is 5.92 Å². The molecule has 13 heavy (non-hydrogen) atoms. The van der Waals surface area contributed by atoms with Crippen molar-refractivity contribution in [2.75, 3.05) is 0 Å². The summed E-state index contributed by atoms with van der Waals surface area (Å²) in [6.45, 7) is 3.65. The van der Waals surface area contributed by atoms with Gasteiger partial charge in [-0.3, -0.25) is 4.79 Å². The minimum Gasteiger partial charge on any atom is -0.348 e. The van der Waals surface area contributed by atoms with Crippen LogP contribution in [0.2, 0.25) is 0 Å². The maximum atomic E-state index is 11.1. The van der Waals surface area contributed by atoms with Crippen LogP contribution < -0.4 is 5.32 Å². The lowest BCUT2D eigenvalue weighted by molar-refractivity contribution is -0.132. The zero-order valence-corrected chi connectivity index (χ0v) is 7.23. The highest BCUT2D eigenvalue weighted by Crippen LogP contribution is 2.30. The third kappa shape index (κ3) is 1.24. The zero-order chi connectivity index (χ0) is 9.26. The Kier molecular flexibility index (Phi) is 1.89. The second kappa shape index (κ2) is 3.05. The standard InChI is InChI=1S/C11H11NO/c1-2-9-10(12-11(9)13)8-6-4-3-5-7-8/h2-7,9-10H,1H2,(H,12,13)/t9-,10+/m1/s1. The predicted molar refractivity (Wildman–Crippen MR) is 51.0 cm³/mol. The first-order valence-electron chi connectivity index (χ1n) is 4.31. The van der Waals surface area contributed by atoms with Crippen LogP contribution >= 0.6 is 0 Å². The van der Waals surface area contributed by atoms with Crippen LogP contribution in [-0.2, 0) is 4.79 Å². The molecule has 2 nitrogen and oxygen atoms in total. The third-order valence-corrected chi connectivity index (χ3v) is 2.37. The Hall–Kier alpha value is -1.57. The molecule has 1 aliphatic heterocycles. The molecule has 0 aromatic heterocycles. The fourth-order valence-electron chi connectivity index (χ4n) is 1.59. The van der Waals surface area contributed by atoms with E-state index in [1.165, 1.54) is 0 Å². The van der Waals surface area contributed by atoms with Gasteiger partial charge in [-0.25, -0.2) is 0 Å². The van der Waals surface area contributed by atoms with Gasteiger partial charge in [0.2, 0.25) is 5.91 Å². The summed E-state index contributed by atoms with van der Waals surface area (Å²) in [5.74, 6) is 0.0197. The number of carbonyl (C=O) groups excluding carboxylic acids is 1. The predicted octanol–water partition coefficient (Wildman–Crippen LogP) is 1.66. The Labute approximate surface area is 77.3 Å². The summed E-state index contributed by atoms with van der Waals surface area (Å²) in [6, 6.07) is 10.1. The van der Waals surface area contributed by atoms with Crippen molar-refractivity contribution in [1.29, 1.82) is 0 Å². The number of benzene rings is 1. The maximum Gasteiger partial charge on any atom is 0.229 e. The van der Waals surface area contributed by atoms with Crippen LogP contribution in [0.4, 0.5) is 0 Å². The molecule has 0 saturated carbocycles. The molecule has 1 aromatic carbocycles. The zero-order valence-electron chi connectivity index (χ0n) is 7.23. The van der Waals surface area contributed by atoms with Crippen molar-refractivity contribution in [3.8, 4) is 0 Å². The van der Waals surface area contributed by atoms with E-state index in [-0.39, 0.29) is 17.9 Å². The topological polar surface area (TPSA) is 29.1 Å². The Morgan fingerprint density at radius 2 is 2.00 bits per heavy atom. The van der Waals surface area contributed by atoms with Crippen LogP contribution in [0.15, 0.2) is 43.0 Å². The van der Waals surface area contributed by atoms with E-state index in [1.54, 1.807) is 6.08 Å². The molecule has 1 aliphatic rings. The SMILES string of the molecule is C=C[C@H]1C(=O)N[C@H]1c1ccccc1. The first-order valence-corrected chi connectivity index (χ1v) is 4.31. The van der Waals surface area contributed by atoms with E-state index in [0.29, 0.717) is 0 Å². The van der Waals surface area contributed by atoms with Gasteiger partial charge in [0.05, 0.1) is 12.0 Å². The number of hydrogen-bond acceptors (Lipinski definition) is 1. The van der Waals surface area contributed by atoms with Crippen LogP contribution in [0.3, 0.4) is 0 Å². The third-order valence-electron chi connectivity index (χ3n) is 2.37.